The molecule has 0 saturated heterocycles. The van der Waals surface area contributed by atoms with Gasteiger partial charge in [-0.05, 0) is 67.5 Å². The maximum Gasteiger partial charge on any atom is 0.131 e. The van der Waals surface area contributed by atoms with Crippen molar-refractivity contribution >= 4 is 11.4 Å². The number of aryl methyl sites for hydroxylation is 3. The molecular formula is C30H36N2. The molecule has 2 aliphatic heterocycles. The Morgan fingerprint density at radius 3 is 2.28 bits per heavy atom. The van der Waals surface area contributed by atoms with E-state index in [9.17, 15) is 0 Å². The predicted octanol–water partition coefficient (Wildman–Crippen LogP) is 8.24. The van der Waals surface area contributed by atoms with Crippen LogP contribution >= 0.6 is 0 Å². The number of hydrogen-bond donors (Lipinski definition) is 1. The molecule has 0 aliphatic carbocycles. The summed E-state index contributed by atoms with van der Waals surface area (Å²) in [5.41, 5.74) is 13.4. The van der Waals surface area contributed by atoms with E-state index in [0.29, 0.717) is 5.92 Å². The van der Waals surface area contributed by atoms with Crippen LogP contribution in [0.2, 0.25) is 0 Å². The van der Waals surface area contributed by atoms with Crippen LogP contribution in [-0.2, 0) is 0 Å². The lowest BCUT2D eigenvalue weighted by Crippen LogP contribution is -2.33. The highest BCUT2D eigenvalue weighted by Crippen LogP contribution is 2.52. The second-order valence-electron chi connectivity index (χ2n) is 8.87. The SMILES string of the molecule is CC.CCC(C)c1cccc2c1C1NC=C(c3c(C)cccc3C)N1c1ccc(C)cc1-2. The topological polar surface area (TPSA) is 15.3 Å². The molecule has 2 heterocycles. The van der Waals surface area contributed by atoms with Crippen LogP contribution in [0.1, 0.15) is 79.6 Å². The fraction of sp³-hybridized carbons (Fsp3) is 0.333. The van der Waals surface area contributed by atoms with Crippen LogP contribution < -0.4 is 10.2 Å². The van der Waals surface area contributed by atoms with E-state index < -0.39 is 0 Å². The second-order valence-corrected chi connectivity index (χ2v) is 8.87. The van der Waals surface area contributed by atoms with Crippen LogP contribution in [-0.4, -0.2) is 0 Å². The Morgan fingerprint density at radius 2 is 1.59 bits per heavy atom. The zero-order chi connectivity index (χ0) is 23.0. The monoisotopic (exact) mass is 424 g/mol. The van der Waals surface area contributed by atoms with Gasteiger partial charge in [0.05, 0.1) is 11.4 Å². The molecule has 2 nitrogen and oxygen atoms in total. The van der Waals surface area contributed by atoms with Gasteiger partial charge < -0.3 is 10.2 Å². The fourth-order valence-corrected chi connectivity index (χ4v) is 5.18. The van der Waals surface area contributed by atoms with Crippen molar-refractivity contribution in [2.24, 2.45) is 0 Å². The van der Waals surface area contributed by atoms with Crippen molar-refractivity contribution < 1.29 is 0 Å². The number of nitrogens with zero attached hydrogens (tertiary/aromatic N) is 1. The predicted molar refractivity (Wildman–Crippen MR) is 139 cm³/mol. The first-order valence-electron chi connectivity index (χ1n) is 12.1. The third-order valence-corrected chi connectivity index (χ3v) is 6.89. The Hall–Kier alpha value is -3.00. The van der Waals surface area contributed by atoms with Crippen molar-refractivity contribution in [1.82, 2.24) is 5.32 Å². The smallest absolute Gasteiger partial charge is 0.131 e. The van der Waals surface area contributed by atoms with Gasteiger partial charge in [0.1, 0.15) is 6.17 Å². The minimum atomic E-state index is 0.134. The molecule has 5 rings (SSSR count). The van der Waals surface area contributed by atoms with Crippen molar-refractivity contribution in [3.8, 4) is 11.1 Å². The molecule has 0 saturated carbocycles. The number of nitrogens with one attached hydrogen (secondary N) is 1. The van der Waals surface area contributed by atoms with E-state index in [1.807, 2.05) is 13.8 Å². The molecule has 0 spiro atoms. The Bertz CT molecular complexity index is 1150. The Balaban J connectivity index is 0.00000119. The van der Waals surface area contributed by atoms with Crippen LogP contribution in [0, 0.1) is 20.8 Å². The zero-order valence-corrected chi connectivity index (χ0v) is 20.6. The fourth-order valence-electron chi connectivity index (χ4n) is 5.18. The van der Waals surface area contributed by atoms with Gasteiger partial charge in [0, 0.05) is 22.9 Å². The summed E-state index contributed by atoms with van der Waals surface area (Å²) >= 11 is 0. The minimum absolute atomic E-state index is 0.134. The molecule has 0 radical (unpaired) electrons. The number of hydrogen-bond acceptors (Lipinski definition) is 2. The number of anilines is 1. The maximum atomic E-state index is 3.76. The first-order valence-corrected chi connectivity index (χ1v) is 12.1. The summed E-state index contributed by atoms with van der Waals surface area (Å²) in [6, 6.07) is 20.3. The van der Waals surface area contributed by atoms with Crippen molar-refractivity contribution in [3.05, 3.63) is 94.2 Å². The lowest BCUT2D eigenvalue weighted by molar-refractivity contribution is 0.635. The van der Waals surface area contributed by atoms with E-state index in [1.165, 1.54) is 55.9 Å². The molecule has 2 atom stereocenters. The van der Waals surface area contributed by atoms with E-state index in [4.69, 9.17) is 0 Å². The van der Waals surface area contributed by atoms with E-state index in [2.05, 4.69) is 106 Å². The van der Waals surface area contributed by atoms with E-state index in [0.717, 1.165) is 6.42 Å². The van der Waals surface area contributed by atoms with Crippen molar-refractivity contribution in [3.63, 3.8) is 0 Å². The van der Waals surface area contributed by atoms with E-state index in [1.54, 1.807) is 0 Å². The summed E-state index contributed by atoms with van der Waals surface area (Å²) in [7, 11) is 0. The van der Waals surface area contributed by atoms with Crippen LogP contribution in [0.3, 0.4) is 0 Å². The summed E-state index contributed by atoms with van der Waals surface area (Å²) in [6.07, 6.45) is 3.50. The average Bonchev–Trinajstić information content (AvgIpc) is 3.24. The second kappa shape index (κ2) is 8.86. The Kier molecular flexibility index (Phi) is 6.15. The lowest BCUT2D eigenvalue weighted by Gasteiger charge is -2.39. The van der Waals surface area contributed by atoms with Gasteiger partial charge in [-0.15, -0.1) is 0 Å². The average molecular weight is 425 g/mol. The Labute approximate surface area is 194 Å². The molecular weight excluding hydrogens is 388 g/mol. The first-order chi connectivity index (χ1) is 15.5. The molecule has 2 heteroatoms. The standard InChI is InChI=1S/C28H30N2.C2H6/c1-6-18(3)21-11-8-12-22-23-15-17(2)13-14-24(23)30-25(16-29-28(30)27(21)22)26-19(4)9-7-10-20(26)5;1-2/h7-16,18,28-29H,6H2,1-5H3;1-2H3. The molecule has 0 bridgehead atoms. The molecule has 3 aromatic rings. The first kappa shape index (κ1) is 22.2. The van der Waals surface area contributed by atoms with Gasteiger partial charge in [0.25, 0.3) is 0 Å². The number of fused-ring (bicyclic) bond motifs is 6. The molecule has 0 fully saturated rings. The van der Waals surface area contributed by atoms with Crippen molar-refractivity contribution in [2.75, 3.05) is 4.90 Å². The van der Waals surface area contributed by atoms with Crippen molar-refractivity contribution in [2.45, 2.75) is 67.0 Å². The van der Waals surface area contributed by atoms with Gasteiger partial charge in [-0.25, -0.2) is 0 Å². The maximum absolute atomic E-state index is 3.76. The van der Waals surface area contributed by atoms with Gasteiger partial charge in [-0.3, -0.25) is 0 Å². The van der Waals surface area contributed by atoms with Crippen molar-refractivity contribution in [1.29, 1.82) is 0 Å². The van der Waals surface area contributed by atoms with Crippen LogP contribution in [0.5, 0.6) is 0 Å². The van der Waals surface area contributed by atoms with Crippen LogP contribution in [0.4, 0.5) is 5.69 Å². The number of benzene rings is 3. The van der Waals surface area contributed by atoms with Gasteiger partial charge >= 0.3 is 0 Å². The van der Waals surface area contributed by atoms with Gasteiger partial charge in [0.15, 0.2) is 0 Å². The highest BCUT2D eigenvalue weighted by Gasteiger charge is 2.39. The zero-order valence-electron chi connectivity index (χ0n) is 20.6. The molecule has 2 aliphatic rings. The quantitative estimate of drug-likeness (QED) is 0.455. The molecule has 32 heavy (non-hydrogen) atoms. The number of rotatable bonds is 3. The summed E-state index contributed by atoms with van der Waals surface area (Å²) in [4.78, 5) is 2.53. The third kappa shape index (κ3) is 3.43. The summed E-state index contributed by atoms with van der Waals surface area (Å²) < 4.78 is 0. The summed E-state index contributed by atoms with van der Waals surface area (Å²) in [6.45, 7) is 15.3. The van der Waals surface area contributed by atoms with Gasteiger partial charge in [-0.2, -0.15) is 0 Å². The normalized spacial score (nSPS) is 16.7. The summed E-state index contributed by atoms with van der Waals surface area (Å²) in [5, 5.41) is 3.76. The van der Waals surface area contributed by atoms with Gasteiger partial charge in [-0.1, -0.05) is 75.7 Å². The minimum Gasteiger partial charge on any atom is -0.365 e. The van der Waals surface area contributed by atoms with Gasteiger partial charge in [0.2, 0.25) is 0 Å². The largest absolute Gasteiger partial charge is 0.365 e. The Morgan fingerprint density at radius 1 is 0.906 bits per heavy atom. The third-order valence-electron chi connectivity index (χ3n) is 6.89. The van der Waals surface area contributed by atoms with Crippen LogP contribution in [0.25, 0.3) is 16.8 Å². The van der Waals surface area contributed by atoms with E-state index in [-0.39, 0.29) is 6.17 Å². The molecule has 2 unspecified atom stereocenters. The molecule has 0 amide bonds. The molecule has 3 aromatic carbocycles. The molecule has 0 aromatic heterocycles. The highest BCUT2D eigenvalue weighted by atomic mass is 15.3. The molecule has 1 N–H and O–H groups in total. The highest BCUT2D eigenvalue weighted by molar-refractivity contribution is 5.95. The molecule has 166 valence electrons. The summed E-state index contributed by atoms with van der Waals surface area (Å²) in [5.74, 6) is 0.527. The van der Waals surface area contributed by atoms with Crippen LogP contribution in [0.15, 0.2) is 60.8 Å². The lowest BCUT2D eigenvalue weighted by atomic mass is 9.83. The van der Waals surface area contributed by atoms with E-state index >= 15 is 0 Å².